The fourth-order valence-electron chi connectivity index (χ4n) is 3.29. The maximum atomic E-state index is 13.1. The molecule has 1 aliphatic heterocycles. The first kappa shape index (κ1) is 19.5. The summed E-state index contributed by atoms with van der Waals surface area (Å²) < 4.78 is 0. The van der Waals surface area contributed by atoms with Gasteiger partial charge in [0.05, 0.1) is 29.9 Å². The number of nitrogens with two attached hydrogens (primary N) is 1. The zero-order valence-corrected chi connectivity index (χ0v) is 16.0. The minimum absolute atomic E-state index is 0. The largest absolute Gasteiger partial charge is 1.00 e. The molecule has 1 heterocycles. The lowest BCUT2D eigenvalue weighted by Crippen LogP contribution is -3.00. The summed E-state index contributed by atoms with van der Waals surface area (Å²) in [6.45, 7) is 7.33. The van der Waals surface area contributed by atoms with Crippen LogP contribution in [-0.2, 0) is 17.6 Å². The second kappa shape index (κ2) is 8.03. The Balaban J connectivity index is 0.00000225. The average Bonchev–Trinajstić information content (AvgIpc) is 2.70. The van der Waals surface area contributed by atoms with Crippen LogP contribution in [0.25, 0.3) is 0 Å². The number of amides is 1. The molecule has 0 aliphatic carbocycles. The van der Waals surface area contributed by atoms with Crippen molar-refractivity contribution in [3.05, 3.63) is 59.7 Å². The van der Waals surface area contributed by atoms with E-state index in [-0.39, 0.29) is 23.9 Å². The third-order valence-corrected chi connectivity index (χ3v) is 4.49. The van der Waals surface area contributed by atoms with Gasteiger partial charge in [0.25, 0.3) is 0 Å². The van der Waals surface area contributed by atoms with Crippen molar-refractivity contribution in [2.75, 3.05) is 11.4 Å². The summed E-state index contributed by atoms with van der Waals surface area (Å²) in [4.78, 5) is 15.0. The Kier molecular flexibility index (Phi) is 6.26. The first-order valence-corrected chi connectivity index (χ1v) is 8.79. The Labute approximate surface area is 156 Å². The highest BCUT2D eigenvalue weighted by Crippen LogP contribution is 2.36. The molecule has 2 aromatic carbocycles. The molecule has 1 amide bonds. The number of para-hydroxylation sites is 2. The van der Waals surface area contributed by atoms with Gasteiger partial charge in [-0.05, 0) is 56.9 Å². The summed E-state index contributed by atoms with van der Waals surface area (Å²) in [5.41, 5.74) is 4.74. The van der Waals surface area contributed by atoms with Gasteiger partial charge in [-0.25, -0.2) is 0 Å². The van der Waals surface area contributed by atoms with Crippen molar-refractivity contribution in [2.45, 2.75) is 45.6 Å². The van der Waals surface area contributed by atoms with Crippen molar-refractivity contribution >= 4 is 17.3 Å². The van der Waals surface area contributed by atoms with Crippen molar-refractivity contribution in [3.8, 4) is 0 Å². The van der Waals surface area contributed by atoms with E-state index in [2.05, 4.69) is 62.5 Å². The number of nitrogens with zero attached hydrogens (tertiary/aromatic N) is 1. The summed E-state index contributed by atoms with van der Waals surface area (Å²) >= 11 is 0. The molecule has 0 saturated carbocycles. The predicted octanol–water partition coefficient (Wildman–Crippen LogP) is 0.206. The maximum Gasteiger partial charge on any atom is 0.237 e. The first-order valence-electron chi connectivity index (χ1n) is 8.79. The Morgan fingerprint density at radius 2 is 1.44 bits per heavy atom. The van der Waals surface area contributed by atoms with Crippen molar-refractivity contribution in [2.24, 2.45) is 0 Å². The number of hydrogen-bond donors (Lipinski definition) is 1. The molecule has 0 spiro atoms. The van der Waals surface area contributed by atoms with Gasteiger partial charge in [-0.3, -0.25) is 9.69 Å². The van der Waals surface area contributed by atoms with Crippen LogP contribution in [-0.4, -0.2) is 18.0 Å². The molecule has 1 aliphatic rings. The van der Waals surface area contributed by atoms with E-state index in [1.165, 1.54) is 11.1 Å². The third-order valence-electron chi connectivity index (χ3n) is 4.49. The summed E-state index contributed by atoms with van der Waals surface area (Å²) in [5, 5.41) is 2.24. The van der Waals surface area contributed by atoms with Crippen LogP contribution in [0.15, 0.2) is 48.5 Å². The maximum absolute atomic E-state index is 13.1. The molecule has 3 nitrogen and oxygen atoms in total. The number of aryl methyl sites for hydroxylation is 2. The van der Waals surface area contributed by atoms with E-state index in [1.807, 2.05) is 17.0 Å². The van der Waals surface area contributed by atoms with Crippen LogP contribution < -0.4 is 22.6 Å². The van der Waals surface area contributed by atoms with Gasteiger partial charge in [-0.2, -0.15) is 0 Å². The fraction of sp³-hybridized carbons (Fsp3) is 0.381. The van der Waals surface area contributed by atoms with Gasteiger partial charge in [0.1, 0.15) is 0 Å². The van der Waals surface area contributed by atoms with Gasteiger partial charge in [0, 0.05) is 0 Å². The lowest BCUT2D eigenvalue weighted by Gasteiger charge is -2.25. The standard InChI is InChI=1S/C21H26N2O.ClH/c1-21(2,3)22-15-14-20(24)23-18-10-6-4-8-16(18)12-13-17-9-5-7-11-19(17)23;/h4-11,22H,12-15H2,1-3H3;1H. The fourth-order valence-corrected chi connectivity index (χ4v) is 3.29. The molecule has 2 N–H and O–H groups in total. The lowest BCUT2D eigenvalue weighted by atomic mass is 10.0. The topological polar surface area (TPSA) is 36.9 Å². The third kappa shape index (κ3) is 4.62. The van der Waals surface area contributed by atoms with Gasteiger partial charge in [0.15, 0.2) is 0 Å². The highest BCUT2D eigenvalue weighted by molar-refractivity contribution is 6.02. The number of carbonyl (C=O) groups excluding carboxylic acids is 1. The van der Waals surface area contributed by atoms with E-state index in [4.69, 9.17) is 0 Å². The molecule has 0 fully saturated rings. The van der Waals surface area contributed by atoms with Crippen molar-refractivity contribution in [1.29, 1.82) is 0 Å². The quantitative estimate of drug-likeness (QED) is 0.836. The number of rotatable bonds is 3. The molecule has 25 heavy (non-hydrogen) atoms. The van der Waals surface area contributed by atoms with Gasteiger partial charge >= 0.3 is 0 Å². The smallest absolute Gasteiger partial charge is 0.237 e. The molecule has 2 aromatic rings. The van der Waals surface area contributed by atoms with Crippen LogP contribution in [0.3, 0.4) is 0 Å². The Morgan fingerprint density at radius 3 is 1.92 bits per heavy atom. The molecular weight excluding hydrogens is 332 g/mol. The molecule has 3 rings (SSSR count). The van der Waals surface area contributed by atoms with Crippen LogP contribution in [0.2, 0.25) is 0 Å². The van der Waals surface area contributed by atoms with Gasteiger partial charge in [0.2, 0.25) is 5.91 Å². The zero-order chi connectivity index (χ0) is 17.2. The second-order valence-electron chi connectivity index (χ2n) is 7.60. The van der Waals surface area contributed by atoms with Crippen molar-refractivity contribution < 1.29 is 22.5 Å². The first-order chi connectivity index (χ1) is 11.5. The molecule has 0 bridgehead atoms. The van der Waals surface area contributed by atoms with Gasteiger partial charge in [-0.1, -0.05) is 36.4 Å². The van der Waals surface area contributed by atoms with E-state index in [0.29, 0.717) is 6.42 Å². The van der Waals surface area contributed by atoms with Crippen molar-refractivity contribution in [1.82, 2.24) is 0 Å². The molecule has 0 radical (unpaired) electrons. The van der Waals surface area contributed by atoms with Crippen molar-refractivity contribution in [3.63, 3.8) is 0 Å². The second-order valence-corrected chi connectivity index (χ2v) is 7.60. The molecule has 134 valence electrons. The zero-order valence-electron chi connectivity index (χ0n) is 15.3. The van der Waals surface area contributed by atoms with Gasteiger partial charge < -0.3 is 17.7 Å². The molecule has 0 aromatic heterocycles. The van der Waals surface area contributed by atoms with E-state index >= 15 is 0 Å². The van der Waals surface area contributed by atoms with Crippen LogP contribution in [0.1, 0.15) is 38.3 Å². The number of halogens is 1. The minimum atomic E-state index is 0. The lowest BCUT2D eigenvalue weighted by molar-refractivity contribution is -0.716. The Hall–Kier alpha value is -1.84. The summed E-state index contributed by atoms with van der Waals surface area (Å²) in [7, 11) is 0. The SMILES string of the molecule is CC(C)(C)[NH2+]CCC(=O)N1c2ccccc2CCc2ccccc21.[Cl-]. The van der Waals surface area contributed by atoms with E-state index in [9.17, 15) is 4.79 Å². The summed E-state index contributed by atoms with van der Waals surface area (Å²) in [5.74, 6) is 0.178. The number of carbonyl (C=O) groups is 1. The molecule has 0 unspecified atom stereocenters. The number of quaternary nitrogens is 1. The molecule has 4 heteroatoms. The number of anilines is 2. The predicted molar refractivity (Wildman–Crippen MR) is 98.6 cm³/mol. The summed E-state index contributed by atoms with van der Waals surface area (Å²) in [6.07, 6.45) is 2.50. The highest BCUT2D eigenvalue weighted by Gasteiger charge is 2.26. The van der Waals surface area contributed by atoms with Crippen LogP contribution in [0.4, 0.5) is 11.4 Å². The Bertz CT molecular complexity index is 689. The normalized spacial score (nSPS) is 13.3. The van der Waals surface area contributed by atoms with E-state index in [1.54, 1.807) is 0 Å². The molecule has 0 saturated heterocycles. The van der Waals surface area contributed by atoms with Crippen LogP contribution >= 0.6 is 0 Å². The number of hydrogen-bond acceptors (Lipinski definition) is 1. The monoisotopic (exact) mass is 358 g/mol. The van der Waals surface area contributed by atoms with Crippen LogP contribution in [0, 0.1) is 0 Å². The minimum Gasteiger partial charge on any atom is -1.00 e. The summed E-state index contributed by atoms with van der Waals surface area (Å²) in [6, 6.07) is 16.6. The molecular formula is C21H27ClN2O. The highest BCUT2D eigenvalue weighted by atomic mass is 35.5. The average molecular weight is 359 g/mol. The Morgan fingerprint density at radius 1 is 0.960 bits per heavy atom. The van der Waals surface area contributed by atoms with E-state index < -0.39 is 0 Å². The molecule has 0 atom stereocenters. The number of benzene rings is 2. The van der Waals surface area contributed by atoms with E-state index in [0.717, 1.165) is 30.8 Å². The van der Waals surface area contributed by atoms with Crippen LogP contribution in [0.5, 0.6) is 0 Å². The number of fused-ring (bicyclic) bond motifs is 2. The van der Waals surface area contributed by atoms with Gasteiger partial charge in [-0.15, -0.1) is 0 Å².